The van der Waals surface area contributed by atoms with Gasteiger partial charge in [-0.05, 0) is 55.7 Å². The van der Waals surface area contributed by atoms with Crippen LogP contribution in [0.4, 0.5) is 4.79 Å². The van der Waals surface area contributed by atoms with Crippen LogP contribution in [-0.2, 0) is 17.6 Å². The molecule has 3 aromatic rings. The number of hydrogen-bond donors (Lipinski definition) is 0. The van der Waals surface area contributed by atoms with Gasteiger partial charge in [0, 0.05) is 17.4 Å². The molecular weight excluding hydrogens is 356 g/mol. The molecule has 0 aliphatic heterocycles. The van der Waals surface area contributed by atoms with E-state index in [4.69, 9.17) is 18.6 Å². The topological polar surface area (TPSA) is 57.9 Å². The Labute approximate surface area is 165 Å². The van der Waals surface area contributed by atoms with Crippen LogP contribution in [0.5, 0.6) is 11.5 Å². The minimum absolute atomic E-state index is 0.279. The Morgan fingerprint density at radius 3 is 2.46 bits per heavy atom. The molecule has 0 aliphatic carbocycles. The smallest absolute Gasteiger partial charge is 0.497 e. The molecule has 28 heavy (non-hydrogen) atoms. The number of benzene rings is 2. The number of carbonyl (C=O) groups excluding carboxylic acids is 1. The molecule has 0 atom stereocenters. The van der Waals surface area contributed by atoms with Crippen molar-refractivity contribution in [1.82, 2.24) is 0 Å². The third-order valence-electron chi connectivity index (χ3n) is 4.74. The van der Waals surface area contributed by atoms with Crippen LogP contribution in [0.2, 0.25) is 0 Å². The first-order valence-corrected chi connectivity index (χ1v) is 9.58. The van der Waals surface area contributed by atoms with E-state index in [2.05, 4.69) is 13.8 Å². The highest BCUT2D eigenvalue weighted by molar-refractivity contribution is 5.88. The van der Waals surface area contributed by atoms with Crippen molar-refractivity contribution in [3.05, 3.63) is 58.8 Å². The van der Waals surface area contributed by atoms with E-state index in [1.807, 2.05) is 30.3 Å². The molecule has 0 saturated heterocycles. The summed E-state index contributed by atoms with van der Waals surface area (Å²) in [6.45, 7) is 6.18. The highest BCUT2D eigenvalue weighted by Crippen LogP contribution is 2.36. The standard InChI is InChI=1S/C23H26O5/c1-5-7-18-19(28-23(24)26-6-2)12-13-20-22(18)15(3)21(27-20)14-16-8-10-17(25-4)11-9-16/h8-13H,5-7,14H2,1-4H3. The Kier molecular flexibility index (Phi) is 6.24. The van der Waals surface area contributed by atoms with E-state index in [0.717, 1.165) is 52.0 Å². The molecule has 1 heterocycles. The zero-order valence-electron chi connectivity index (χ0n) is 16.8. The Morgan fingerprint density at radius 2 is 1.82 bits per heavy atom. The maximum Gasteiger partial charge on any atom is 0.513 e. The van der Waals surface area contributed by atoms with E-state index in [9.17, 15) is 4.79 Å². The Balaban J connectivity index is 1.98. The average molecular weight is 382 g/mol. The van der Waals surface area contributed by atoms with Gasteiger partial charge in [0.05, 0.1) is 13.7 Å². The molecule has 3 rings (SSSR count). The van der Waals surface area contributed by atoms with Crippen LogP contribution in [0.25, 0.3) is 11.0 Å². The largest absolute Gasteiger partial charge is 0.513 e. The highest BCUT2D eigenvalue weighted by atomic mass is 16.7. The summed E-state index contributed by atoms with van der Waals surface area (Å²) in [7, 11) is 1.66. The Hall–Kier alpha value is -2.95. The van der Waals surface area contributed by atoms with Crippen LogP contribution >= 0.6 is 0 Å². The molecule has 2 aromatic carbocycles. The van der Waals surface area contributed by atoms with Crippen molar-refractivity contribution in [2.75, 3.05) is 13.7 Å². The van der Waals surface area contributed by atoms with Gasteiger partial charge in [-0.1, -0.05) is 25.5 Å². The van der Waals surface area contributed by atoms with Gasteiger partial charge in [-0.2, -0.15) is 0 Å². The van der Waals surface area contributed by atoms with Crippen molar-refractivity contribution in [2.45, 2.75) is 40.0 Å². The summed E-state index contributed by atoms with van der Waals surface area (Å²) in [6.07, 6.45) is 1.72. The monoisotopic (exact) mass is 382 g/mol. The van der Waals surface area contributed by atoms with Crippen LogP contribution in [0.3, 0.4) is 0 Å². The maximum atomic E-state index is 11.8. The molecule has 148 valence electrons. The third kappa shape index (κ3) is 4.14. The van der Waals surface area contributed by atoms with Crippen molar-refractivity contribution in [2.24, 2.45) is 0 Å². The van der Waals surface area contributed by atoms with Gasteiger partial charge in [-0.3, -0.25) is 0 Å². The molecule has 0 amide bonds. The fourth-order valence-electron chi connectivity index (χ4n) is 3.38. The Bertz CT molecular complexity index is 953. The maximum absolute atomic E-state index is 11.8. The lowest BCUT2D eigenvalue weighted by atomic mass is 9.99. The molecule has 0 aliphatic rings. The predicted octanol–water partition coefficient (Wildman–Crippen LogP) is 5.83. The number of carbonyl (C=O) groups is 1. The number of hydrogen-bond acceptors (Lipinski definition) is 5. The van der Waals surface area contributed by atoms with E-state index in [-0.39, 0.29) is 6.61 Å². The molecule has 0 radical (unpaired) electrons. The lowest BCUT2D eigenvalue weighted by Crippen LogP contribution is -2.11. The van der Waals surface area contributed by atoms with Gasteiger partial charge in [-0.15, -0.1) is 0 Å². The molecule has 0 bridgehead atoms. The number of aryl methyl sites for hydroxylation is 2. The van der Waals surface area contributed by atoms with Gasteiger partial charge >= 0.3 is 6.16 Å². The second-order valence-electron chi connectivity index (χ2n) is 6.63. The average Bonchev–Trinajstić information content (AvgIpc) is 3.00. The minimum atomic E-state index is -0.682. The molecule has 5 nitrogen and oxygen atoms in total. The number of rotatable bonds is 7. The number of furan rings is 1. The van der Waals surface area contributed by atoms with Crippen molar-refractivity contribution >= 4 is 17.1 Å². The second-order valence-corrected chi connectivity index (χ2v) is 6.63. The van der Waals surface area contributed by atoms with E-state index in [0.29, 0.717) is 12.2 Å². The van der Waals surface area contributed by atoms with E-state index < -0.39 is 6.16 Å². The number of methoxy groups -OCH3 is 1. The van der Waals surface area contributed by atoms with Crippen LogP contribution in [-0.4, -0.2) is 19.9 Å². The van der Waals surface area contributed by atoms with Crippen LogP contribution in [0.1, 0.15) is 42.7 Å². The SMILES string of the molecule is CCCc1c(OC(=O)OCC)ccc2oc(Cc3ccc(OC)cc3)c(C)c12. The van der Waals surface area contributed by atoms with Gasteiger partial charge in [0.15, 0.2) is 0 Å². The first kappa shape index (κ1) is 19.8. The van der Waals surface area contributed by atoms with Crippen molar-refractivity contribution in [3.8, 4) is 11.5 Å². The lowest BCUT2D eigenvalue weighted by molar-refractivity contribution is 0.104. The minimum Gasteiger partial charge on any atom is -0.497 e. The van der Waals surface area contributed by atoms with Gasteiger partial charge in [0.1, 0.15) is 22.8 Å². The summed E-state index contributed by atoms with van der Waals surface area (Å²) >= 11 is 0. The van der Waals surface area contributed by atoms with Crippen LogP contribution in [0, 0.1) is 6.92 Å². The Morgan fingerprint density at radius 1 is 1.07 bits per heavy atom. The normalized spacial score (nSPS) is 10.9. The lowest BCUT2D eigenvalue weighted by Gasteiger charge is -2.10. The number of ether oxygens (including phenoxy) is 3. The van der Waals surface area contributed by atoms with Crippen LogP contribution < -0.4 is 9.47 Å². The first-order chi connectivity index (χ1) is 13.6. The molecule has 1 aromatic heterocycles. The van der Waals surface area contributed by atoms with Gasteiger partial charge in [-0.25, -0.2) is 4.79 Å². The molecule has 0 saturated carbocycles. The van der Waals surface area contributed by atoms with Crippen LogP contribution in [0.15, 0.2) is 40.8 Å². The summed E-state index contributed by atoms with van der Waals surface area (Å²) < 4.78 is 21.7. The zero-order chi connectivity index (χ0) is 20.1. The molecule has 0 N–H and O–H groups in total. The number of fused-ring (bicyclic) bond motifs is 1. The first-order valence-electron chi connectivity index (χ1n) is 9.58. The summed E-state index contributed by atoms with van der Waals surface area (Å²) in [5.41, 5.74) is 4.00. The highest BCUT2D eigenvalue weighted by Gasteiger charge is 2.19. The van der Waals surface area contributed by atoms with Gasteiger partial charge in [0.2, 0.25) is 0 Å². The van der Waals surface area contributed by atoms with Gasteiger partial charge in [0.25, 0.3) is 0 Å². The predicted molar refractivity (Wildman–Crippen MR) is 108 cm³/mol. The van der Waals surface area contributed by atoms with E-state index in [1.54, 1.807) is 20.1 Å². The molecular formula is C23H26O5. The quantitative estimate of drug-likeness (QED) is 0.380. The summed E-state index contributed by atoms with van der Waals surface area (Å²) in [5.74, 6) is 2.27. The fraction of sp³-hybridized carbons (Fsp3) is 0.348. The van der Waals surface area contributed by atoms with Crippen molar-refractivity contribution < 1.29 is 23.4 Å². The third-order valence-corrected chi connectivity index (χ3v) is 4.74. The molecule has 5 heteroatoms. The van der Waals surface area contributed by atoms with E-state index >= 15 is 0 Å². The summed E-state index contributed by atoms with van der Waals surface area (Å²) in [6, 6.07) is 11.6. The summed E-state index contributed by atoms with van der Waals surface area (Å²) in [4.78, 5) is 11.8. The molecule has 0 fully saturated rings. The van der Waals surface area contributed by atoms with Crippen molar-refractivity contribution in [1.29, 1.82) is 0 Å². The fourth-order valence-corrected chi connectivity index (χ4v) is 3.38. The molecule has 0 unspecified atom stereocenters. The second kappa shape index (κ2) is 8.83. The summed E-state index contributed by atoms with van der Waals surface area (Å²) in [5, 5.41) is 1.02. The van der Waals surface area contributed by atoms with E-state index in [1.165, 1.54) is 0 Å². The zero-order valence-corrected chi connectivity index (χ0v) is 16.8. The van der Waals surface area contributed by atoms with Crippen molar-refractivity contribution in [3.63, 3.8) is 0 Å². The van der Waals surface area contributed by atoms with Gasteiger partial charge < -0.3 is 18.6 Å². The molecule has 0 spiro atoms.